The second kappa shape index (κ2) is 7.81. The number of hydrogen-bond donors (Lipinski definition) is 2. The van der Waals surface area contributed by atoms with Crippen LogP contribution >= 0.6 is 0 Å². The van der Waals surface area contributed by atoms with Gasteiger partial charge in [0.15, 0.2) is 0 Å². The number of benzene rings is 2. The molecule has 1 saturated heterocycles. The summed E-state index contributed by atoms with van der Waals surface area (Å²) in [6.07, 6.45) is -0.151. The minimum atomic E-state index is -3.87. The zero-order valence-corrected chi connectivity index (χ0v) is 15.9. The number of sulfonamides is 1. The summed E-state index contributed by atoms with van der Waals surface area (Å²) in [5.74, 6) is -4.81. The first kappa shape index (κ1) is 20.8. The molecule has 0 aliphatic carbocycles. The van der Waals surface area contributed by atoms with Crippen LogP contribution in [0.3, 0.4) is 0 Å². The largest absolute Gasteiger partial charge is 0.306 e. The fourth-order valence-electron chi connectivity index (χ4n) is 3.28. The molecule has 2 aromatic carbocycles. The van der Waals surface area contributed by atoms with Gasteiger partial charge in [0.05, 0.1) is 12.3 Å². The number of rotatable bonds is 6. The first-order valence-corrected chi connectivity index (χ1v) is 10.4. The highest BCUT2D eigenvalue weighted by Gasteiger charge is 2.51. The van der Waals surface area contributed by atoms with Gasteiger partial charge in [-0.2, -0.15) is 0 Å². The normalized spacial score (nSPS) is 21.8. The van der Waals surface area contributed by atoms with Crippen LogP contribution in [0.1, 0.15) is 12.5 Å². The molecule has 0 aromatic heterocycles. The molecule has 1 heterocycles. The Balaban J connectivity index is 1.90. The van der Waals surface area contributed by atoms with E-state index in [-0.39, 0.29) is 23.3 Å². The second-order valence-corrected chi connectivity index (χ2v) is 8.78. The summed E-state index contributed by atoms with van der Waals surface area (Å²) >= 11 is 0. The van der Waals surface area contributed by atoms with Crippen molar-refractivity contribution in [2.24, 2.45) is 0 Å². The van der Waals surface area contributed by atoms with Crippen LogP contribution in [-0.4, -0.2) is 38.7 Å². The van der Waals surface area contributed by atoms with E-state index in [0.29, 0.717) is 5.56 Å². The molecule has 2 N–H and O–H groups in total. The lowest BCUT2D eigenvalue weighted by atomic mass is 9.95. The van der Waals surface area contributed by atoms with Crippen molar-refractivity contribution in [3.05, 3.63) is 59.7 Å². The molecule has 0 amide bonds. The quantitative estimate of drug-likeness (QED) is 0.712. The highest BCUT2D eigenvalue weighted by molar-refractivity contribution is 7.89. The third kappa shape index (κ3) is 4.37. The van der Waals surface area contributed by atoms with Crippen molar-refractivity contribution in [2.45, 2.75) is 31.4 Å². The van der Waals surface area contributed by atoms with Gasteiger partial charge in [0.1, 0.15) is 17.7 Å². The summed E-state index contributed by atoms with van der Waals surface area (Å²) in [4.78, 5) is 0. The van der Waals surface area contributed by atoms with Gasteiger partial charge in [0, 0.05) is 11.6 Å². The topological polar surface area (TPSA) is 58.2 Å². The van der Waals surface area contributed by atoms with Crippen molar-refractivity contribution in [3.8, 4) is 11.1 Å². The average molecular weight is 416 g/mol. The second-order valence-electron chi connectivity index (χ2n) is 6.74. The number of nitrogens with one attached hydrogen (secondary N) is 2. The van der Waals surface area contributed by atoms with E-state index in [1.54, 1.807) is 12.1 Å². The Morgan fingerprint density at radius 3 is 2.57 bits per heavy atom. The lowest BCUT2D eigenvalue weighted by Crippen LogP contribution is -2.51. The molecule has 0 bridgehead atoms. The van der Waals surface area contributed by atoms with E-state index < -0.39 is 46.2 Å². The summed E-state index contributed by atoms with van der Waals surface area (Å²) in [7, 11) is -3.87. The van der Waals surface area contributed by atoms with Crippen LogP contribution in [0.2, 0.25) is 0 Å². The molecular formula is C19H20F4N2O2S. The van der Waals surface area contributed by atoms with Gasteiger partial charge in [-0.1, -0.05) is 30.3 Å². The molecule has 0 spiro atoms. The van der Waals surface area contributed by atoms with Crippen molar-refractivity contribution in [1.82, 2.24) is 10.0 Å². The van der Waals surface area contributed by atoms with Gasteiger partial charge in [-0.3, -0.25) is 0 Å². The van der Waals surface area contributed by atoms with Gasteiger partial charge in [-0.15, -0.1) is 0 Å². The molecule has 9 heteroatoms. The monoisotopic (exact) mass is 416 g/mol. The Bertz CT molecular complexity index is 966. The number of alkyl halides is 2. The summed E-state index contributed by atoms with van der Waals surface area (Å²) in [6.45, 7) is 0.639. The fraction of sp³-hybridized carbons (Fsp3) is 0.368. The Hall–Kier alpha value is -1.97. The van der Waals surface area contributed by atoms with E-state index in [9.17, 15) is 26.0 Å². The molecular weight excluding hydrogens is 396 g/mol. The van der Waals surface area contributed by atoms with Gasteiger partial charge in [-0.05, 0) is 36.6 Å². The van der Waals surface area contributed by atoms with Crippen molar-refractivity contribution in [1.29, 1.82) is 0 Å². The Kier molecular flexibility index (Phi) is 5.79. The minimum Gasteiger partial charge on any atom is -0.306 e. The smallest absolute Gasteiger partial charge is 0.277 e. The van der Waals surface area contributed by atoms with Crippen LogP contribution in [0, 0.1) is 11.6 Å². The molecule has 3 rings (SSSR count). The summed E-state index contributed by atoms with van der Waals surface area (Å²) in [5, 5.41) is 2.58. The third-order valence-electron chi connectivity index (χ3n) is 4.80. The lowest BCUT2D eigenvalue weighted by molar-refractivity contribution is -0.000880. The van der Waals surface area contributed by atoms with E-state index in [0.717, 1.165) is 0 Å². The predicted molar refractivity (Wildman–Crippen MR) is 98.6 cm³/mol. The van der Waals surface area contributed by atoms with Gasteiger partial charge < -0.3 is 5.32 Å². The number of hydrogen-bond acceptors (Lipinski definition) is 3. The Morgan fingerprint density at radius 1 is 1.18 bits per heavy atom. The zero-order chi connectivity index (χ0) is 20.5. The molecule has 2 atom stereocenters. The molecule has 0 radical (unpaired) electrons. The van der Waals surface area contributed by atoms with E-state index in [1.807, 2.05) is 4.72 Å². The predicted octanol–water partition coefficient (Wildman–Crippen LogP) is 3.09. The highest BCUT2D eigenvalue weighted by atomic mass is 32.2. The van der Waals surface area contributed by atoms with Crippen molar-refractivity contribution in [2.75, 3.05) is 12.3 Å². The molecule has 152 valence electrons. The van der Waals surface area contributed by atoms with E-state index in [4.69, 9.17) is 0 Å². The van der Waals surface area contributed by atoms with Crippen molar-refractivity contribution >= 4 is 10.0 Å². The fourth-order valence-corrected chi connectivity index (χ4v) is 4.17. The molecule has 1 aliphatic rings. The van der Waals surface area contributed by atoms with E-state index in [1.165, 1.54) is 37.3 Å². The Labute approximate surface area is 161 Å². The zero-order valence-electron chi connectivity index (χ0n) is 15.1. The Morgan fingerprint density at radius 2 is 1.89 bits per heavy atom. The SMILES string of the molecule is CCS(=O)(=O)N[C@@H]1[C@H](Cc2cccc(-c3cccc(F)c3)c2F)NCC1(F)F. The first-order valence-electron chi connectivity index (χ1n) is 8.77. The number of halogens is 4. The van der Waals surface area contributed by atoms with Crippen LogP contribution in [-0.2, 0) is 16.4 Å². The van der Waals surface area contributed by atoms with E-state index in [2.05, 4.69) is 5.32 Å². The van der Waals surface area contributed by atoms with Gasteiger partial charge in [0.2, 0.25) is 10.0 Å². The third-order valence-corrected chi connectivity index (χ3v) is 6.17. The van der Waals surface area contributed by atoms with Crippen LogP contribution in [0.5, 0.6) is 0 Å². The van der Waals surface area contributed by atoms with Gasteiger partial charge in [-0.25, -0.2) is 30.7 Å². The molecule has 4 nitrogen and oxygen atoms in total. The van der Waals surface area contributed by atoms with Gasteiger partial charge in [0.25, 0.3) is 5.92 Å². The maximum atomic E-state index is 15.0. The van der Waals surface area contributed by atoms with E-state index >= 15 is 0 Å². The first-order chi connectivity index (χ1) is 13.1. The summed E-state index contributed by atoms with van der Waals surface area (Å²) < 4.78 is 82.5. The van der Waals surface area contributed by atoms with Crippen molar-refractivity contribution < 1.29 is 26.0 Å². The van der Waals surface area contributed by atoms with Crippen molar-refractivity contribution in [3.63, 3.8) is 0 Å². The van der Waals surface area contributed by atoms with Gasteiger partial charge >= 0.3 is 0 Å². The molecule has 2 aromatic rings. The van der Waals surface area contributed by atoms with Crippen LogP contribution in [0.15, 0.2) is 42.5 Å². The summed E-state index contributed by atoms with van der Waals surface area (Å²) in [6, 6.07) is 7.21. The molecule has 0 unspecified atom stereocenters. The maximum absolute atomic E-state index is 15.0. The van der Waals surface area contributed by atoms with Crippen LogP contribution in [0.4, 0.5) is 17.6 Å². The maximum Gasteiger partial charge on any atom is 0.277 e. The highest BCUT2D eigenvalue weighted by Crippen LogP contribution is 2.31. The summed E-state index contributed by atoms with van der Waals surface area (Å²) in [5.41, 5.74) is 0.609. The molecule has 1 aliphatic heterocycles. The molecule has 1 fully saturated rings. The lowest BCUT2D eigenvalue weighted by Gasteiger charge is -2.24. The standard InChI is InChI=1S/C19H20F4N2O2S/c1-2-28(26,27)25-18-16(24-11-19(18,22)23)10-13-6-4-8-15(17(13)21)12-5-3-7-14(20)9-12/h3-9,16,18,24-25H,2,10-11H2,1H3/t16-,18+/m0/s1. The minimum absolute atomic E-state index is 0.137. The average Bonchev–Trinajstić information content (AvgIpc) is 2.91. The van der Waals surface area contributed by atoms with Crippen LogP contribution < -0.4 is 10.0 Å². The molecule has 0 saturated carbocycles. The van der Waals surface area contributed by atoms with Crippen LogP contribution in [0.25, 0.3) is 11.1 Å². The molecule has 28 heavy (non-hydrogen) atoms.